The number of para-hydroxylation sites is 1. The number of carbonyl (C=O) groups is 5. The lowest BCUT2D eigenvalue weighted by atomic mass is 9.89. The second-order valence-electron chi connectivity index (χ2n) is 12.3. The Bertz CT molecular complexity index is 1510. The summed E-state index contributed by atoms with van der Waals surface area (Å²) in [5.41, 5.74) is 4.32. The van der Waals surface area contributed by atoms with Crippen LogP contribution in [0.1, 0.15) is 68.3 Å². The predicted octanol–water partition coefficient (Wildman–Crippen LogP) is 2.37. The van der Waals surface area contributed by atoms with Crippen molar-refractivity contribution in [3.05, 3.63) is 64.7 Å². The van der Waals surface area contributed by atoms with Crippen LogP contribution in [0.25, 0.3) is 0 Å². The molecule has 244 valence electrons. The number of nitrogens with zero attached hydrogens (tertiary/aromatic N) is 2. The zero-order chi connectivity index (χ0) is 33.5. The number of aliphatic carboxylic acids is 1. The molecule has 2 aromatic carbocycles. The molecule has 0 radical (unpaired) electrons. The molecule has 4 amide bonds. The zero-order valence-electron chi connectivity index (χ0n) is 26.6. The number of nitrogens with one attached hydrogen (secondary N) is 4. The first-order valence-corrected chi connectivity index (χ1v) is 15.7. The molecule has 4 rings (SSSR count). The minimum atomic E-state index is -1.29. The van der Waals surface area contributed by atoms with Crippen molar-refractivity contribution in [1.82, 2.24) is 20.9 Å². The van der Waals surface area contributed by atoms with E-state index in [0.29, 0.717) is 31.2 Å². The van der Waals surface area contributed by atoms with Crippen LogP contribution in [0, 0.1) is 24.2 Å². The van der Waals surface area contributed by atoms with Crippen molar-refractivity contribution in [3.63, 3.8) is 0 Å². The molecule has 2 aliphatic heterocycles. The monoisotopic (exact) mass is 630 g/mol. The van der Waals surface area contributed by atoms with Gasteiger partial charge in [-0.05, 0) is 48.4 Å². The van der Waals surface area contributed by atoms with Crippen LogP contribution < -0.4 is 21.3 Å². The molecule has 2 aromatic rings. The topological polar surface area (TPSA) is 181 Å². The Kier molecular flexibility index (Phi) is 11.0. The van der Waals surface area contributed by atoms with Crippen molar-refractivity contribution >= 4 is 35.3 Å². The lowest BCUT2D eigenvalue weighted by molar-refractivity contribution is -0.146. The Morgan fingerprint density at radius 2 is 1.78 bits per heavy atom. The average Bonchev–Trinajstić information content (AvgIpc) is 3.46. The molecule has 12 heteroatoms. The third kappa shape index (κ3) is 7.83. The highest BCUT2D eigenvalue weighted by atomic mass is 16.4. The van der Waals surface area contributed by atoms with E-state index in [0.717, 1.165) is 22.4 Å². The standard InChI is InChI=1S/C34H42N6O6/c1-5-8-26(38-32(44)27-16-22-9-6-7-10-25(22)37-27)31(43)39-29(19(2)3)34(46)40-14-13-21-15-20(4)11-12-24(21)30(40)33(45)36-23(18-35)17-28(41)42/h6-7,9-12,15,19,23,26-27,29-30,37H,5,8,13-14,16-17H2,1-4H3,(H,36,45)(H,38,44)(H,39,43)(H,41,42)/t23-,26-,27?,29-,30-/m0/s1. The summed E-state index contributed by atoms with van der Waals surface area (Å²) in [7, 11) is 0. The van der Waals surface area contributed by atoms with Gasteiger partial charge in [-0.3, -0.25) is 24.0 Å². The van der Waals surface area contributed by atoms with E-state index in [1.54, 1.807) is 26.0 Å². The van der Waals surface area contributed by atoms with E-state index >= 15 is 0 Å². The van der Waals surface area contributed by atoms with Gasteiger partial charge in [0.2, 0.25) is 23.6 Å². The molecule has 0 aromatic heterocycles. The van der Waals surface area contributed by atoms with Crippen molar-refractivity contribution in [2.24, 2.45) is 5.92 Å². The maximum Gasteiger partial charge on any atom is 0.306 e. The molecule has 0 saturated carbocycles. The number of benzene rings is 2. The van der Waals surface area contributed by atoms with Crippen LogP contribution in [0.5, 0.6) is 0 Å². The smallest absolute Gasteiger partial charge is 0.306 e. The fraction of sp³-hybridized carbons (Fsp3) is 0.471. The number of carboxylic acids is 1. The van der Waals surface area contributed by atoms with E-state index in [2.05, 4.69) is 21.3 Å². The molecule has 0 spiro atoms. The summed E-state index contributed by atoms with van der Waals surface area (Å²) < 4.78 is 0. The van der Waals surface area contributed by atoms with Crippen molar-refractivity contribution in [2.45, 2.75) is 90.0 Å². The third-order valence-electron chi connectivity index (χ3n) is 8.44. The molecule has 0 aliphatic carbocycles. The normalized spacial score (nSPS) is 18.6. The van der Waals surface area contributed by atoms with Gasteiger partial charge in [0, 0.05) is 18.7 Å². The minimum absolute atomic E-state index is 0.172. The van der Waals surface area contributed by atoms with Gasteiger partial charge < -0.3 is 31.3 Å². The Balaban J connectivity index is 1.54. The molecule has 2 heterocycles. The molecular formula is C34H42N6O6. The maximum absolute atomic E-state index is 14.2. The van der Waals surface area contributed by atoms with Gasteiger partial charge in [-0.15, -0.1) is 0 Å². The van der Waals surface area contributed by atoms with Gasteiger partial charge in [0.25, 0.3) is 0 Å². The number of nitriles is 1. The zero-order valence-corrected chi connectivity index (χ0v) is 26.6. The maximum atomic E-state index is 14.2. The SMILES string of the molecule is CCC[C@H](NC(=O)C1Cc2ccccc2N1)C(=O)N[C@H](C(=O)N1CCc2cc(C)ccc2[C@H]1C(=O)N[C@H](C#N)CC(=O)O)C(C)C. The molecule has 0 fully saturated rings. The summed E-state index contributed by atoms with van der Waals surface area (Å²) in [6, 6.07) is 10.1. The molecule has 5 atom stereocenters. The van der Waals surface area contributed by atoms with Crippen LogP contribution in [0.3, 0.4) is 0 Å². The second-order valence-corrected chi connectivity index (χ2v) is 12.3. The van der Waals surface area contributed by atoms with Crippen molar-refractivity contribution in [1.29, 1.82) is 5.26 Å². The van der Waals surface area contributed by atoms with E-state index in [-0.39, 0.29) is 18.4 Å². The van der Waals surface area contributed by atoms with Gasteiger partial charge in [0.15, 0.2) is 0 Å². The van der Waals surface area contributed by atoms with Crippen LogP contribution in [-0.2, 0) is 36.8 Å². The Morgan fingerprint density at radius 1 is 1.04 bits per heavy atom. The van der Waals surface area contributed by atoms with Crippen molar-refractivity contribution in [3.8, 4) is 6.07 Å². The highest BCUT2D eigenvalue weighted by Gasteiger charge is 2.41. The summed E-state index contributed by atoms with van der Waals surface area (Å²) >= 11 is 0. The van der Waals surface area contributed by atoms with E-state index < -0.39 is 60.3 Å². The fourth-order valence-electron chi connectivity index (χ4n) is 6.06. The summed E-state index contributed by atoms with van der Waals surface area (Å²) in [5, 5.41) is 30.1. The van der Waals surface area contributed by atoms with Crippen molar-refractivity contribution in [2.75, 3.05) is 11.9 Å². The first kappa shape index (κ1) is 34.0. The number of amides is 4. The number of rotatable bonds is 12. The highest BCUT2D eigenvalue weighted by Crippen LogP contribution is 2.32. The predicted molar refractivity (Wildman–Crippen MR) is 170 cm³/mol. The van der Waals surface area contributed by atoms with E-state index in [9.17, 15) is 34.3 Å². The fourth-order valence-corrected chi connectivity index (χ4v) is 6.06. The Labute approximate surface area is 268 Å². The second kappa shape index (κ2) is 14.9. The molecular weight excluding hydrogens is 588 g/mol. The van der Waals surface area contributed by atoms with Crippen molar-refractivity contribution < 1.29 is 29.1 Å². The van der Waals surface area contributed by atoms with Gasteiger partial charge in [0.1, 0.15) is 30.2 Å². The summed E-state index contributed by atoms with van der Waals surface area (Å²) in [5.74, 6) is -3.61. The average molecular weight is 631 g/mol. The van der Waals surface area contributed by atoms with Gasteiger partial charge in [-0.1, -0.05) is 69.2 Å². The summed E-state index contributed by atoms with van der Waals surface area (Å²) in [4.78, 5) is 67.4. The largest absolute Gasteiger partial charge is 0.481 e. The van der Waals surface area contributed by atoms with E-state index in [4.69, 9.17) is 0 Å². The molecule has 2 aliphatic rings. The lowest BCUT2D eigenvalue weighted by Crippen LogP contribution is -2.59. The molecule has 46 heavy (non-hydrogen) atoms. The number of hydrogen-bond acceptors (Lipinski definition) is 7. The van der Waals surface area contributed by atoms with Gasteiger partial charge in [-0.25, -0.2) is 0 Å². The quantitative estimate of drug-likeness (QED) is 0.237. The van der Waals surface area contributed by atoms with E-state index in [1.807, 2.05) is 50.2 Å². The third-order valence-corrected chi connectivity index (χ3v) is 8.44. The van der Waals surface area contributed by atoms with Crippen LogP contribution in [0.15, 0.2) is 42.5 Å². The Morgan fingerprint density at radius 3 is 2.43 bits per heavy atom. The van der Waals surface area contributed by atoms with Crippen LogP contribution in [0.4, 0.5) is 5.69 Å². The number of aryl methyl sites for hydroxylation is 1. The molecule has 5 N–H and O–H groups in total. The van der Waals surface area contributed by atoms with Gasteiger partial charge in [-0.2, -0.15) is 5.26 Å². The van der Waals surface area contributed by atoms with Crippen LogP contribution in [-0.4, -0.2) is 70.3 Å². The highest BCUT2D eigenvalue weighted by molar-refractivity contribution is 5.96. The summed E-state index contributed by atoms with van der Waals surface area (Å²) in [6.07, 6.45) is 1.33. The number of anilines is 1. The minimum Gasteiger partial charge on any atom is -0.481 e. The number of fused-ring (bicyclic) bond motifs is 2. The van der Waals surface area contributed by atoms with Gasteiger partial charge in [0.05, 0.1) is 12.5 Å². The van der Waals surface area contributed by atoms with Crippen LogP contribution >= 0.6 is 0 Å². The van der Waals surface area contributed by atoms with Crippen LogP contribution in [0.2, 0.25) is 0 Å². The Hall–Kier alpha value is -4.92. The lowest BCUT2D eigenvalue weighted by Gasteiger charge is -2.39. The molecule has 0 saturated heterocycles. The van der Waals surface area contributed by atoms with E-state index in [1.165, 1.54) is 4.90 Å². The number of hydrogen-bond donors (Lipinski definition) is 5. The first-order chi connectivity index (χ1) is 21.9. The number of carbonyl (C=O) groups excluding carboxylic acids is 4. The summed E-state index contributed by atoms with van der Waals surface area (Å²) in [6.45, 7) is 7.56. The van der Waals surface area contributed by atoms with Gasteiger partial charge >= 0.3 is 5.97 Å². The molecule has 12 nitrogen and oxygen atoms in total. The molecule has 1 unspecified atom stereocenters. The molecule has 0 bridgehead atoms. The number of carboxylic acid groups (broad SMARTS) is 1. The first-order valence-electron chi connectivity index (χ1n) is 15.7.